The fraction of sp³-hybridized carbons (Fsp3) is 0.524. The minimum atomic E-state index is -0.716. The van der Waals surface area contributed by atoms with Crippen molar-refractivity contribution in [3.8, 4) is 0 Å². The molecule has 1 fully saturated rings. The number of nitrogens with zero attached hydrogens (tertiary/aromatic N) is 3. The van der Waals surface area contributed by atoms with Gasteiger partial charge >= 0.3 is 0 Å². The van der Waals surface area contributed by atoms with Gasteiger partial charge in [0.05, 0.1) is 19.1 Å². The normalized spacial score (nSPS) is 27.3. The molecule has 0 spiro atoms. The molecule has 28 heavy (non-hydrogen) atoms. The van der Waals surface area contributed by atoms with Gasteiger partial charge in [0.25, 0.3) is 0 Å². The maximum Gasteiger partial charge on any atom is 0.228 e. The van der Waals surface area contributed by atoms with Gasteiger partial charge in [-0.2, -0.15) is 0 Å². The third-order valence-electron chi connectivity index (χ3n) is 5.95. The van der Waals surface area contributed by atoms with Crippen molar-refractivity contribution < 1.29 is 15.0 Å². The number of amides is 1. The van der Waals surface area contributed by atoms with Crippen molar-refractivity contribution in [3.05, 3.63) is 47.0 Å². The molecule has 0 radical (unpaired) electrons. The Hall–Kier alpha value is -1.83. The van der Waals surface area contributed by atoms with Crippen LogP contribution in [0.4, 0.5) is 0 Å². The van der Waals surface area contributed by atoms with Crippen LogP contribution in [0.25, 0.3) is 0 Å². The first-order chi connectivity index (χ1) is 13.6. The molecule has 6 nitrogen and oxygen atoms in total. The van der Waals surface area contributed by atoms with Crippen LogP contribution in [0.3, 0.4) is 0 Å². The minimum Gasteiger partial charge on any atom is -0.396 e. The number of amidine groups is 1. The Balaban J connectivity index is 1.45. The molecule has 0 aliphatic carbocycles. The number of benzene rings is 1. The van der Waals surface area contributed by atoms with Crippen LogP contribution in [0.1, 0.15) is 24.8 Å². The molecule has 1 aromatic carbocycles. The summed E-state index contributed by atoms with van der Waals surface area (Å²) in [6.45, 7) is 2.53. The van der Waals surface area contributed by atoms with E-state index in [2.05, 4.69) is 9.89 Å². The number of aliphatic hydroxyl groups is 2. The van der Waals surface area contributed by atoms with Crippen molar-refractivity contribution >= 4 is 22.8 Å². The number of likely N-dealkylation sites (tertiary alicyclic amines) is 1. The molecule has 3 aliphatic rings. The van der Waals surface area contributed by atoms with E-state index < -0.39 is 11.5 Å². The standard InChI is InChI=1S/C21H27N3O3S/c25-15-21(12-16-5-2-1-3-6-16)14-23(10-7-18(21)26)19(27)11-17-13-28-20-22-8-4-9-24(17)20/h1-3,5-6,13,18,25-26H,4,7-12,14-15H2/t18-,21+/m0/s1. The van der Waals surface area contributed by atoms with Gasteiger partial charge in [-0.3, -0.25) is 9.79 Å². The average Bonchev–Trinajstić information content (AvgIpc) is 3.13. The van der Waals surface area contributed by atoms with Crippen LogP contribution >= 0.6 is 11.8 Å². The first-order valence-corrected chi connectivity index (χ1v) is 10.8. The van der Waals surface area contributed by atoms with Gasteiger partial charge in [0.15, 0.2) is 5.17 Å². The summed E-state index contributed by atoms with van der Waals surface area (Å²) in [6.07, 6.45) is 1.77. The second-order valence-electron chi connectivity index (χ2n) is 7.88. The molecule has 0 aromatic heterocycles. The molecular formula is C21H27N3O3S. The van der Waals surface area contributed by atoms with Gasteiger partial charge in [-0.1, -0.05) is 42.1 Å². The van der Waals surface area contributed by atoms with Gasteiger partial charge in [0.2, 0.25) is 5.91 Å². The Kier molecular flexibility index (Phi) is 5.75. The molecule has 3 aliphatic heterocycles. The lowest BCUT2D eigenvalue weighted by molar-refractivity contribution is -0.141. The maximum absolute atomic E-state index is 13.0. The number of fused-ring (bicyclic) bond motifs is 1. The lowest BCUT2D eigenvalue weighted by Crippen LogP contribution is -2.56. The predicted molar refractivity (Wildman–Crippen MR) is 111 cm³/mol. The van der Waals surface area contributed by atoms with Gasteiger partial charge in [-0.25, -0.2) is 0 Å². The van der Waals surface area contributed by atoms with Gasteiger partial charge in [-0.05, 0) is 30.2 Å². The molecule has 1 saturated heterocycles. The predicted octanol–water partition coefficient (Wildman–Crippen LogP) is 1.84. The summed E-state index contributed by atoms with van der Waals surface area (Å²) < 4.78 is 0. The molecule has 0 bridgehead atoms. The van der Waals surface area contributed by atoms with Crippen molar-refractivity contribution in [3.63, 3.8) is 0 Å². The van der Waals surface area contributed by atoms with Crippen LogP contribution in [0.15, 0.2) is 46.4 Å². The second kappa shape index (κ2) is 8.27. The molecule has 0 unspecified atom stereocenters. The number of rotatable bonds is 5. The second-order valence-corrected chi connectivity index (χ2v) is 8.71. The Labute approximate surface area is 169 Å². The van der Waals surface area contributed by atoms with E-state index in [4.69, 9.17) is 0 Å². The molecular weight excluding hydrogens is 374 g/mol. The molecule has 150 valence electrons. The quantitative estimate of drug-likeness (QED) is 0.787. The van der Waals surface area contributed by atoms with E-state index in [9.17, 15) is 15.0 Å². The van der Waals surface area contributed by atoms with E-state index in [1.807, 2.05) is 40.6 Å². The van der Waals surface area contributed by atoms with Gasteiger partial charge in [0.1, 0.15) is 0 Å². The number of hydrogen-bond donors (Lipinski definition) is 2. The van der Waals surface area contributed by atoms with Crippen LogP contribution in [0.2, 0.25) is 0 Å². The monoisotopic (exact) mass is 401 g/mol. The minimum absolute atomic E-state index is 0.0523. The Morgan fingerprint density at radius 3 is 2.89 bits per heavy atom. The Bertz CT molecular complexity index is 782. The van der Waals surface area contributed by atoms with Crippen molar-refractivity contribution in [2.45, 2.75) is 31.8 Å². The summed E-state index contributed by atoms with van der Waals surface area (Å²) in [5.74, 6) is 0.0523. The van der Waals surface area contributed by atoms with E-state index in [-0.39, 0.29) is 12.5 Å². The van der Waals surface area contributed by atoms with E-state index in [1.165, 1.54) is 0 Å². The van der Waals surface area contributed by atoms with Crippen LogP contribution in [0.5, 0.6) is 0 Å². The van der Waals surface area contributed by atoms with Gasteiger partial charge < -0.3 is 20.0 Å². The fourth-order valence-corrected chi connectivity index (χ4v) is 5.24. The fourth-order valence-electron chi connectivity index (χ4n) is 4.29. The summed E-state index contributed by atoms with van der Waals surface area (Å²) in [7, 11) is 0. The summed E-state index contributed by atoms with van der Waals surface area (Å²) in [4.78, 5) is 21.5. The van der Waals surface area contributed by atoms with Gasteiger partial charge in [-0.15, -0.1) is 0 Å². The summed E-state index contributed by atoms with van der Waals surface area (Å²) in [5.41, 5.74) is 1.36. The molecule has 3 heterocycles. The van der Waals surface area contributed by atoms with E-state index in [0.29, 0.717) is 32.4 Å². The number of aliphatic hydroxyl groups excluding tert-OH is 2. The zero-order valence-corrected chi connectivity index (χ0v) is 16.8. The first-order valence-electron chi connectivity index (χ1n) is 9.90. The smallest absolute Gasteiger partial charge is 0.228 e. The molecule has 2 N–H and O–H groups in total. The van der Waals surface area contributed by atoms with Crippen LogP contribution in [-0.4, -0.2) is 70.0 Å². The average molecular weight is 402 g/mol. The zero-order chi connectivity index (χ0) is 19.6. The largest absolute Gasteiger partial charge is 0.396 e. The van der Waals surface area contributed by atoms with Crippen molar-refractivity contribution in [2.24, 2.45) is 10.4 Å². The maximum atomic E-state index is 13.0. The highest BCUT2D eigenvalue weighted by Crippen LogP contribution is 2.36. The van der Waals surface area contributed by atoms with Gasteiger partial charge in [0, 0.05) is 37.3 Å². The first kappa shape index (κ1) is 19.5. The highest BCUT2D eigenvalue weighted by Gasteiger charge is 2.44. The summed E-state index contributed by atoms with van der Waals surface area (Å²) >= 11 is 1.59. The van der Waals surface area contributed by atoms with E-state index in [0.717, 1.165) is 35.9 Å². The Morgan fingerprint density at radius 2 is 2.11 bits per heavy atom. The molecule has 2 atom stereocenters. The van der Waals surface area contributed by atoms with Crippen LogP contribution < -0.4 is 0 Å². The number of carbonyl (C=O) groups excluding carboxylic acids is 1. The van der Waals surface area contributed by atoms with E-state index >= 15 is 0 Å². The number of piperidine rings is 1. The molecule has 0 saturated carbocycles. The summed E-state index contributed by atoms with van der Waals surface area (Å²) in [5, 5.41) is 23.9. The number of carbonyl (C=O) groups is 1. The molecule has 1 aromatic rings. The van der Waals surface area contributed by atoms with Crippen molar-refractivity contribution in [1.82, 2.24) is 9.80 Å². The summed E-state index contributed by atoms with van der Waals surface area (Å²) in [6, 6.07) is 9.88. The van der Waals surface area contributed by atoms with Crippen molar-refractivity contribution in [1.29, 1.82) is 0 Å². The van der Waals surface area contributed by atoms with E-state index in [1.54, 1.807) is 11.8 Å². The number of hydrogen-bond acceptors (Lipinski definition) is 6. The SMILES string of the molecule is O=C(CC1=CSC2=NCCCN12)N1CC[C@H](O)[C@](CO)(Cc2ccccc2)C1. The molecule has 1 amide bonds. The van der Waals surface area contributed by atoms with Crippen molar-refractivity contribution in [2.75, 3.05) is 32.8 Å². The third kappa shape index (κ3) is 3.83. The lowest BCUT2D eigenvalue weighted by atomic mass is 9.73. The molecule has 4 rings (SSSR count). The highest BCUT2D eigenvalue weighted by molar-refractivity contribution is 8.16. The Morgan fingerprint density at radius 1 is 1.29 bits per heavy atom. The van der Waals surface area contributed by atoms with Crippen LogP contribution in [-0.2, 0) is 11.2 Å². The third-order valence-corrected chi connectivity index (χ3v) is 6.90. The number of aliphatic imine (C=N–C) groups is 1. The topological polar surface area (TPSA) is 76.4 Å². The van der Waals surface area contributed by atoms with Crippen LogP contribution in [0, 0.1) is 5.41 Å². The zero-order valence-electron chi connectivity index (χ0n) is 16.0. The number of thioether (sulfide) groups is 1. The highest BCUT2D eigenvalue weighted by atomic mass is 32.2. The molecule has 7 heteroatoms. The lowest BCUT2D eigenvalue weighted by Gasteiger charge is -2.45.